The van der Waals surface area contributed by atoms with Crippen molar-refractivity contribution in [3.05, 3.63) is 0 Å². The number of carbonyl (C=O) groups excluding carboxylic acids is 2. The molecule has 1 aliphatic rings. The van der Waals surface area contributed by atoms with Gasteiger partial charge in [0.05, 0.1) is 0 Å². The molecule has 6 heteroatoms. The van der Waals surface area contributed by atoms with Crippen molar-refractivity contribution in [1.29, 1.82) is 0 Å². The first-order valence-corrected chi connectivity index (χ1v) is 8.01. The van der Waals surface area contributed by atoms with Crippen molar-refractivity contribution >= 4 is 23.6 Å². The molecule has 122 valence electrons. The van der Waals surface area contributed by atoms with E-state index in [1.54, 1.807) is 9.80 Å². The van der Waals surface area contributed by atoms with Gasteiger partial charge in [-0.2, -0.15) is 0 Å². The fraction of sp³-hybridized carbons (Fsp3) is 0.867. The lowest BCUT2D eigenvalue weighted by molar-refractivity contribution is -0.127. The zero-order valence-electron chi connectivity index (χ0n) is 13.7. The smallest absolute Gasteiger partial charge is 0.410 e. The van der Waals surface area contributed by atoms with Crippen molar-refractivity contribution < 1.29 is 14.3 Å². The van der Waals surface area contributed by atoms with E-state index in [9.17, 15) is 9.59 Å². The molecule has 0 aromatic carbocycles. The second-order valence-electron chi connectivity index (χ2n) is 6.85. The number of ether oxygens (including phenoxy) is 1. The molecule has 1 heterocycles. The van der Waals surface area contributed by atoms with Crippen molar-refractivity contribution in [2.75, 3.05) is 25.5 Å². The number of hydrogen-bond donors (Lipinski definition) is 0. The maximum atomic E-state index is 12.3. The van der Waals surface area contributed by atoms with Crippen molar-refractivity contribution in [3.63, 3.8) is 0 Å². The number of alkyl halides is 1. The molecular weight excluding hydrogens is 292 g/mol. The van der Waals surface area contributed by atoms with E-state index < -0.39 is 5.60 Å². The molecule has 0 saturated carbocycles. The van der Waals surface area contributed by atoms with Gasteiger partial charge in [-0.05, 0) is 47.0 Å². The molecule has 0 aliphatic carbocycles. The molecule has 0 aromatic heterocycles. The van der Waals surface area contributed by atoms with Crippen LogP contribution in [0.1, 0.15) is 41.0 Å². The van der Waals surface area contributed by atoms with Crippen LogP contribution in [0.2, 0.25) is 0 Å². The Labute approximate surface area is 132 Å². The van der Waals surface area contributed by atoms with Gasteiger partial charge in [-0.25, -0.2) is 4.79 Å². The van der Waals surface area contributed by atoms with E-state index in [2.05, 4.69) is 0 Å². The molecule has 2 amide bonds. The van der Waals surface area contributed by atoms with Gasteiger partial charge in [-0.1, -0.05) is 0 Å². The van der Waals surface area contributed by atoms with Gasteiger partial charge in [0.15, 0.2) is 0 Å². The minimum Gasteiger partial charge on any atom is -0.444 e. The van der Waals surface area contributed by atoms with E-state index in [0.29, 0.717) is 13.1 Å². The van der Waals surface area contributed by atoms with Crippen LogP contribution in [-0.2, 0) is 9.53 Å². The first kappa shape index (κ1) is 18.1. The molecule has 0 unspecified atom stereocenters. The van der Waals surface area contributed by atoms with Gasteiger partial charge in [-0.15, -0.1) is 11.6 Å². The molecule has 1 rings (SSSR count). The van der Waals surface area contributed by atoms with Gasteiger partial charge in [0.2, 0.25) is 5.91 Å². The molecule has 0 spiro atoms. The molecule has 21 heavy (non-hydrogen) atoms. The normalized spacial score (nSPS) is 19.0. The third-order valence-electron chi connectivity index (χ3n) is 3.46. The third kappa shape index (κ3) is 5.73. The lowest BCUT2D eigenvalue weighted by Gasteiger charge is -2.31. The highest BCUT2D eigenvalue weighted by atomic mass is 35.5. The second kappa shape index (κ2) is 7.34. The number of likely N-dealkylation sites (tertiary alicyclic amines) is 1. The summed E-state index contributed by atoms with van der Waals surface area (Å²) in [5.41, 5.74) is -0.499. The van der Waals surface area contributed by atoms with Crippen LogP contribution in [0.3, 0.4) is 0 Å². The Balaban J connectivity index is 2.60. The van der Waals surface area contributed by atoms with Crippen molar-refractivity contribution in [3.8, 4) is 0 Å². The van der Waals surface area contributed by atoms with Crippen LogP contribution in [0, 0.1) is 5.92 Å². The Kier molecular flexibility index (Phi) is 6.32. The third-order valence-corrected chi connectivity index (χ3v) is 3.69. The topological polar surface area (TPSA) is 49.9 Å². The van der Waals surface area contributed by atoms with Gasteiger partial charge >= 0.3 is 6.09 Å². The summed E-state index contributed by atoms with van der Waals surface area (Å²) in [6, 6.07) is 0.0672. The van der Waals surface area contributed by atoms with E-state index in [-0.39, 0.29) is 29.8 Å². The van der Waals surface area contributed by atoms with Crippen LogP contribution in [0.5, 0.6) is 0 Å². The molecular formula is C15H27ClN2O3. The monoisotopic (exact) mass is 318 g/mol. The summed E-state index contributed by atoms with van der Waals surface area (Å²) in [5, 5.41) is 0. The second-order valence-corrected chi connectivity index (χ2v) is 7.12. The van der Waals surface area contributed by atoms with E-state index >= 15 is 0 Å². The largest absolute Gasteiger partial charge is 0.444 e. The molecule has 1 atom stereocenters. The Hall–Kier alpha value is -0.970. The number of halogens is 1. The summed E-state index contributed by atoms with van der Waals surface area (Å²) in [6.45, 7) is 11.5. The number of amides is 2. The molecule has 1 aliphatic heterocycles. The number of nitrogens with zero attached hydrogens (tertiary/aromatic N) is 2. The summed E-state index contributed by atoms with van der Waals surface area (Å²) in [7, 11) is 0. The molecule has 0 aromatic rings. The number of hydrogen-bond acceptors (Lipinski definition) is 3. The Morgan fingerprint density at radius 1 is 1.38 bits per heavy atom. The van der Waals surface area contributed by atoms with E-state index in [1.807, 2.05) is 34.6 Å². The van der Waals surface area contributed by atoms with Crippen LogP contribution in [-0.4, -0.2) is 59.0 Å². The molecule has 0 bridgehead atoms. The van der Waals surface area contributed by atoms with Crippen LogP contribution < -0.4 is 0 Å². The average Bonchev–Trinajstić information content (AvgIpc) is 2.80. The minimum absolute atomic E-state index is 0.0205. The fourth-order valence-electron chi connectivity index (χ4n) is 2.39. The predicted molar refractivity (Wildman–Crippen MR) is 83.5 cm³/mol. The quantitative estimate of drug-likeness (QED) is 0.749. The van der Waals surface area contributed by atoms with Crippen LogP contribution in [0.4, 0.5) is 4.79 Å². The van der Waals surface area contributed by atoms with E-state index in [1.165, 1.54) is 0 Å². The highest BCUT2D eigenvalue weighted by Gasteiger charge is 2.31. The summed E-state index contributed by atoms with van der Waals surface area (Å²) in [5.74, 6) is 0.270. The van der Waals surface area contributed by atoms with Gasteiger partial charge in [0.25, 0.3) is 0 Å². The molecule has 1 saturated heterocycles. The Bertz CT molecular complexity index is 380. The van der Waals surface area contributed by atoms with Crippen LogP contribution in [0.15, 0.2) is 0 Å². The highest BCUT2D eigenvalue weighted by molar-refractivity contribution is 6.27. The van der Waals surface area contributed by atoms with Gasteiger partial charge < -0.3 is 14.5 Å². The Morgan fingerprint density at radius 3 is 2.48 bits per heavy atom. The molecule has 0 radical (unpaired) electrons. The molecule has 0 N–H and O–H groups in total. The first-order valence-electron chi connectivity index (χ1n) is 7.47. The minimum atomic E-state index is -0.499. The summed E-state index contributed by atoms with van der Waals surface area (Å²) in [6.07, 6.45) is 0.605. The summed E-state index contributed by atoms with van der Waals surface area (Å²) in [4.78, 5) is 27.4. The fourth-order valence-corrected chi connectivity index (χ4v) is 2.56. The van der Waals surface area contributed by atoms with Crippen molar-refractivity contribution in [1.82, 2.24) is 9.80 Å². The lowest BCUT2D eigenvalue weighted by atomic mass is 10.1. The van der Waals surface area contributed by atoms with Crippen LogP contribution >= 0.6 is 11.6 Å². The van der Waals surface area contributed by atoms with Crippen molar-refractivity contribution in [2.45, 2.75) is 52.7 Å². The average molecular weight is 319 g/mol. The standard InChI is InChI=1S/C15H27ClN2O3/c1-11(2)18(14(20)21-15(3,4)5)10-12-6-7-17(9-12)13(19)8-16/h11-12H,6-10H2,1-5H3/t12-/m1/s1. The number of carbonyl (C=O) groups is 2. The molecule has 1 fully saturated rings. The SMILES string of the molecule is CC(C)N(C[C@@H]1CCN(C(=O)CCl)C1)C(=O)OC(C)(C)C. The molecule has 5 nitrogen and oxygen atoms in total. The highest BCUT2D eigenvalue weighted by Crippen LogP contribution is 2.20. The summed E-state index contributed by atoms with van der Waals surface area (Å²) >= 11 is 5.58. The first-order chi connectivity index (χ1) is 9.64. The number of rotatable bonds is 4. The van der Waals surface area contributed by atoms with Gasteiger partial charge in [0, 0.05) is 25.7 Å². The van der Waals surface area contributed by atoms with Gasteiger partial charge in [-0.3, -0.25) is 4.79 Å². The Morgan fingerprint density at radius 2 is 2.00 bits per heavy atom. The van der Waals surface area contributed by atoms with E-state index in [4.69, 9.17) is 16.3 Å². The maximum Gasteiger partial charge on any atom is 0.410 e. The van der Waals surface area contributed by atoms with Crippen molar-refractivity contribution in [2.24, 2.45) is 5.92 Å². The zero-order valence-corrected chi connectivity index (χ0v) is 14.4. The van der Waals surface area contributed by atoms with Crippen LogP contribution in [0.25, 0.3) is 0 Å². The van der Waals surface area contributed by atoms with E-state index in [0.717, 1.165) is 13.0 Å². The summed E-state index contributed by atoms with van der Waals surface area (Å²) < 4.78 is 5.45. The maximum absolute atomic E-state index is 12.3. The van der Waals surface area contributed by atoms with Gasteiger partial charge in [0.1, 0.15) is 11.5 Å². The zero-order chi connectivity index (χ0) is 16.2. The lowest BCUT2D eigenvalue weighted by Crippen LogP contribution is -2.44. The predicted octanol–water partition coefficient (Wildman–Crippen LogP) is 2.72.